The Hall–Kier alpha value is -2.11. The Kier molecular flexibility index (Phi) is 4.47. The lowest BCUT2D eigenvalue weighted by molar-refractivity contribution is -0.140. The second kappa shape index (κ2) is 5.69. The molecule has 2 N–H and O–H groups in total. The Bertz CT molecular complexity index is 634. The highest BCUT2D eigenvalue weighted by Crippen LogP contribution is 2.21. The van der Waals surface area contributed by atoms with Gasteiger partial charge in [0.2, 0.25) is 10.0 Å². The SMILES string of the molecule is COC(=O)CN(C)S(=O)(=O)c1ccc(N)cc1C#N. The summed E-state index contributed by atoms with van der Waals surface area (Å²) >= 11 is 0. The van der Waals surface area contributed by atoms with Crippen LogP contribution in [0.15, 0.2) is 23.1 Å². The number of carbonyl (C=O) groups excluding carboxylic acids is 1. The number of nitriles is 1. The van der Waals surface area contributed by atoms with Gasteiger partial charge in [0, 0.05) is 12.7 Å². The predicted molar refractivity (Wildman–Crippen MR) is 67.4 cm³/mol. The van der Waals surface area contributed by atoms with E-state index in [1.54, 1.807) is 6.07 Å². The highest BCUT2D eigenvalue weighted by atomic mass is 32.2. The topological polar surface area (TPSA) is 113 Å². The Balaban J connectivity index is 3.21. The van der Waals surface area contributed by atoms with Crippen LogP contribution in [0.1, 0.15) is 5.56 Å². The molecule has 0 saturated heterocycles. The average Bonchev–Trinajstić information content (AvgIpc) is 2.37. The number of hydrogen-bond donors (Lipinski definition) is 1. The molecule has 0 spiro atoms. The van der Waals surface area contributed by atoms with Gasteiger partial charge in [0.25, 0.3) is 0 Å². The fourth-order valence-corrected chi connectivity index (χ4v) is 2.59. The maximum absolute atomic E-state index is 12.2. The zero-order valence-electron chi connectivity index (χ0n) is 10.5. The van der Waals surface area contributed by atoms with E-state index in [-0.39, 0.29) is 16.1 Å². The quantitative estimate of drug-likeness (QED) is 0.611. The Morgan fingerprint density at radius 3 is 2.68 bits per heavy atom. The smallest absolute Gasteiger partial charge is 0.321 e. The zero-order chi connectivity index (χ0) is 14.6. The summed E-state index contributed by atoms with van der Waals surface area (Å²) in [7, 11) is -1.56. The number of nitrogen functional groups attached to an aromatic ring is 1. The highest BCUT2D eigenvalue weighted by molar-refractivity contribution is 7.89. The number of anilines is 1. The first kappa shape index (κ1) is 14.9. The number of rotatable bonds is 4. The van der Waals surface area contributed by atoms with E-state index in [9.17, 15) is 13.2 Å². The summed E-state index contributed by atoms with van der Waals surface area (Å²) in [5.74, 6) is -0.694. The molecule has 0 aliphatic heterocycles. The standard InChI is InChI=1S/C11H13N3O4S/c1-14(7-11(15)18-2)19(16,17)10-4-3-9(13)5-8(10)6-12/h3-5H,7,13H2,1-2H3. The highest BCUT2D eigenvalue weighted by Gasteiger charge is 2.26. The summed E-state index contributed by atoms with van der Waals surface area (Å²) in [5.41, 5.74) is 5.70. The van der Waals surface area contributed by atoms with Gasteiger partial charge >= 0.3 is 5.97 Å². The summed E-state index contributed by atoms with van der Waals surface area (Å²) in [4.78, 5) is 10.9. The molecule has 7 nitrogen and oxygen atoms in total. The molecule has 8 heteroatoms. The molecule has 1 rings (SSSR count). The summed E-state index contributed by atoms with van der Waals surface area (Å²) in [5, 5.41) is 8.94. The van der Waals surface area contributed by atoms with Gasteiger partial charge in [-0.05, 0) is 18.2 Å². The molecule has 0 amide bonds. The number of methoxy groups -OCH3 is 1. The number of nitrogens with zero attached hydrogens (tertiary/aromatic N) is 2. The maximum atomic E-state index is 12.2. The number of esters is 1. The third-order valence-electron chi connectivity index (χ3n) is 2.39. The van der Waals surface area contributed by atoms with Crippen LogP contribution < -0.4 is 5.73 Å². The second-order valence-corrected chi connectivity index (χ2v) is 5.72. The van der Waals surface area contributed by atoms with Crippen molar-refractivity contribution in [2.24, 2.45) is 0 Å². The van der Waals surface area contributed by atoms with Crippen molar-refractivity contribution in [3.05, 3.63) is 23.8 Å². The number of nitrogens with two attached hydrogens (primary N) is 1. The molecule has 0 fully saturated rings. The van der Waals surface area contributed by atoms with Gasteiger partial charge in [-0.1, -0.05) is 0 Å². The number of sulfonamides is 1. The van der Waals surface area contributed by atoms with Gasteiger partial charge in [-0.2, -0.15) is 9.57 Å². The Morgan fingerprint density at radius 1 is 1.53 bits per heavy atom. The Labute approximate surface area is 111 Å². The van der Waals surface area contributed by atoms with Gasteiger partial charge in [-0.15, -0.1) is 0 Å². The maximum Gasteiger partial charge on any atom is 0.321 e. The van der Waals surface area contributed by atoms with E-state index in [1.165, 1.54) is 25.2 Å². The molecule has 0 bridgehead atoms. The van der Waals surface area contributed by atoms with Gasteiger partial charge in [-0.25, -0.2) is 8.42 Å². The molecular weight excluding hydrogens is 270 g/mol. The van der Waals surface area contributed by atoms with E-state index in [1.807, 2.05) is 0 Å². The van der Waals surface area contributed by atoms with Crippen molar-refractivity contribution >= 4 is 21.7 Å². The van der Waals surface area contributed by atoms with E-state index in [2.05, 4.69) is 4.74 Å². The van der Waals surface area contributed by atoms with Crippen molar-refractivity contribution in [1.82, 2.24) is 4.31 Å². The fourth-order valence-electron chi connectivity index (χ4n) is 1.36. The molecule has 0 aliphatic carbocycles. The fraction of sp³-hybridized carbons (Fsp3) is 0.273. The van der Waals surface area contributed by atoms with E-state index in [0.717, 1.165) is 11.4 Å². The first-order chi connectivity index (χ1) is 8.82. The van der Waals surface area contributed by atoms with Crippen LogP contribution in [0, 0.1) is 11.3 Å². The van der Waals surface area contributed by atoms with Crippen molar-refractivity contribution < 1.29 is 17.9 Å². The first-order valence-electron chi connectivity index (χ1n) is 5.15. The number of carbonyl (C=O) groups is 1. The van der Waals surface area contributed by atoms with Gasteiger partial charge in [0.1, 0.15) is 17.5 Å². The van der Waals surface area contributed by atoms with E-state index in [4.69, 9.17) is 11.0 Å². The summed E-state index contributed by atoms with van der Waals surface area (Å²) in [6.07, 6.45) is 0. The molecule has 0 unspecified atom stereocenters. The summed E-state index contributed by atoms with van der Waals surface area (Å²) < 4.78 is 29.6. The van der Waals surface area contributed by atoms with Crippen LogP contribution in [0.25, 0.3) is 0 Å². The molecular formula is C11H13N3O4S. The lowest BCUT2D eigenvalue weighted by atomic mass is 10.2. The molecule has 1 aromatic rings. The lowest BCUT2D eigenvalue weighted by Gasteiger charge is -2.16. The number of ether oxygens (including phenoxy) is 1. The molecule has 0 atom stereocenters. The zero-order valence-corrected chi connectivity index (χ0v) is 11.3. The minimum Gasteiger partial charge on any atom is -0.468 e. The van der Waals surface area contributed by atoms with Crippen molar-refractivity contribution in [3.8, 4) is 6.07 Å². The molecule has 1 aromatic carbocycles. The molecule has 0 saturated carbocycles. The van der Waals surface area contributed by atoms with Gasteiger partial charge in [0.15, 0.2) is 0 Å². The molecule has 0 radical (unpaired) electrons. The van der Waals surface area contributed by atoms with Crippen molar-refractivity contribution in [3.63, 3.8) is 0 Å². The van der Waals surface area contributed by atoms with Crippen LogP contribution in [0.4, 0.5) is 5.69 Å². The van der Waals surface area contributed by atoms with Crippen LogP contribution in [0.5, 0.6) is 0 Å². The van der Waals surface area contributed by atoms with Crippen molar-refractivity contribution in [2.75, 3.05) is 26.4 Å². The molecule has 0 aliphatic rings. The predicted octanol–water partition coefficient (Wildman–Crippen LogP) is -0.0660. The molecule has 0 heterocycles. The van der Waals surface area contributed by atoms with Gasteiger partial charge in [0.05, 0.1) is 12.7 Å². The number of benzene rings is 1. The average molecular weight is 283 g/mol. The van der Waals surface area contributed by atoms with Crippen LogP contribution in [0.3, 0.4) is 0 Å². The van der Waals surface area contributed by atoms with Crippen molar-refractivity contribution in [1.29, 1.82) is 5.26 Å². The third-order valence-corrected chi connectivity index (χ3v) is 4.25. The first-order valence-corrected chi connectivity index (χ1v) is 6.59. The second-order valence-electron chi connectivity index (χ2n) is 3.70. The largest absolute Gasteiger partial charge is 0.468 e. The number of likely N-dealkylation sites (N-methyl/N-ethyl adjacent to an activating group) is 1. The molecule has 19 heavy (non-hydrogen) atoms. The monoisotopic (exact) mass is 283 g/mol. The number of hydrogen-bond acceptors (Lipinski definition) is 6. The normalized spacial score (nSPS) is 11.1. The van der Waals surface area contributed by atoms with E-state index in [0.29, 0.717) is 0 Å². The van der Waals surface area contributed by atoms with Crippen LogP contribution in [0.2, 0.25) is 0 Å². The van der Waals surface area contributed by atoms with Crippen LogP contribution in [-0.4, -0.2) is 39.4 Å². The van der Waals surface area contributed by atoms with Crippen molar-refractivity contribution in [2.45, 2.75) is 4.90 Å². The van der Waals surface area contributed by atoms with E-state index >= 15 is 0 Å². The summed E-state index contributed by atoms with van der Waals surface area (Å²) in [6, 6.07) is 5.63. The minimum atomic E-state index is -3.95. The van der Waals surface area contributed by atoms with Gasteiger partial charge < -0.3 is 10.5 Å². The van der Waals surface area contributed by atoms with Gasteiger partial charge in [-0.3, -0.25) is 4.79 Å². The van der Waals surface area contributed by atoms with E-state index < -0.39 is 22.5 Å². The molecule has 0 aromatic heterocycles. The van der Waals surface area contributed by atoms with Crippen LogP contribution >= 0.6 is 0 Å². The molecule has 102 valence electrons. The lowest BCUT2D eigenvalue weighted by Crippen LogP contribution is -2.33. The van der Waals surface area contributed by atoms with Crippen LogP contribution in [-0.2, 0) is 19.6 Å². The summed E-state index contributed by atoms with van der Waals surface area (Å²) in [6.45, 7) is -0.436. The Morgan fingerprint density at radius 2 is 2.16 bits per heavy atom. The minimum absolute atomic E-state index is 0.0725. The third kappa shape index (κ3) is 3.21.